The van der Waals surface area contributed by atoms with E-state index in [9.17, 15) is 0 Å². The summed E-state index contributed by atoms with van der Waals surface area (Å²) in [5.41, 5.74) is 1.55. The lowest BCUT2D eigenvalue weighted by molar-refractivity contribution is 0.244. The van der Waals surface area contributed by atoms with Gasteiger partial charge in [-0.1, -0.05) is 6.07 Å². The zero-order valence-corrected chi connectivity index (χ0v) is 8.28. The number of rotatable bonds is 1. The Morgan fingerprint density at radius 2 is 2.33 bits per heavy atom. The van der Waals surface area contributed by atoms with Crippen molar-refractivity contribution < 1.29 is 9.52 Å². The summed E-state index contributed by atoms with van der Waals surface area (Å²) in [6.45, 7) is -0.148. The van der Waals surface area contributed by atoms with E-state index in [1.54, 1.807) is 0 Å². The number of halogens is 1. The molecule has 12 heavy (non-hydrogen) atoms. The quantitative estimate of drug-likeness (QED) is 0.809. The van der Waals surface area contributed by atoms with E-state index >= 15 is 0 Å². The van der Waals surface area contributed by atoms with Crippen LogP contribution < -0.4 is 0 Å². The first-order valence-corrected chi connectivity index (χ1v) is 4.54. The van der Waals surface area contributed by atoms with E-state index in [0.717, 1.165) is 14.7 Å². The minimum atomic E-state index is -0.148. The fraction of sp³-hybridized carbons (Fsp3) is 0.125. The number of oxazole rings is 1. The van der Waals surface area contributed by atoms with Crippen LogP contribution in [-0.4, -0.2) is 10.1 Å². The number of aromatic nitrogens is 1. The Labute approximate surface area is 82.5 Å². The summed E-state index contributed by atoms with van der Waals surface area (Å²) in [6.07, 6.45) is 0. The highest BCUT2D eigenvalue weighted by atomic mass is 127. The average molecular weight is 275 g/mol. The van der Waals surface area contributed by atoms with Gasteiger partial charge in [0.15, 0.2) is 5.58 Å². The fourth-order valence-corrected chi connectivity index (χ4v) is 1.62. The number of fused-ring (bicyclic) bond motifs is 1. The van der Waals surface area contributed by atoms with E-state index in [1.807, 2.05) is 18.2 Å². The maximum absolute atomic E-state index is 8.77. The molecule has 3 nitrogen and oxygen atoms in total. The Morgan fingerprint density at radius 3 is 3.00 bits per heavy atom. The van der Waals surface area contributed by atoms with Gasteiger partial charge in [-0.15, -0.1) is 0 Å². The van der Waals surface area contributed by atoms with Crippen molar-refractivity contribution in [3.05, 3.63) is 27.7 Å². The molecule has 0 fully saturated rings. The molecule has 0 spiro atoms. The van der Waals surface area contributed by atoms with Crippen LogP contribution in [0.1, 0.15) is 5.89 Å². The van der Waals surface area contributed by atoms with Crippen molar-refractivity contribution >= 4 is 33.7 Å². The Kier molecular flexibility index (Phi) is 2.02. The van der Waals surface area contributed by atoms with Crippen LogP contribution >= 0.6 is 22.6 Å². The third kappa shape index (κ3) is 1.21. The fourth-order valence-electron chi connectivity index (χ4n) is 1.03. The van der Waals surface area contributed by atoms with Crippen molar-refractivity contribution in [2.24, 2.45) is 0 Å². The van der Waals surface area contributed by atoms with Crippen LogP contribution in [0.5, 0.6) is 0 Å². The van der Waals surface area contributed by atoms with Crippen molar-refractivity contribution in [2.75, 3.05) is 0 Å². The summed E-state index contributed by atoms with van der Waals surface area (Å²) in [7, 11) is 0. The minimum Gasteiger partial charge on any atom is -0.438 e. The maximum Gasteiger partial charge on any atom is 0.221 e. The number of para-hydroxylation sites is 1. The first-order valence-electron chi connectivity index (χ1n) is 3.46. The van der Waals surface area contributed by atoms with E-state index in [4.69, 9.17) is 9.52 Å². The number of aliphatic hydroxyl groups excluding tert-OH is 1. The number of benzene rings is 1. The van der Waals surface area contributed by atoms with Crippen LogP contribution in [0.3, 0.4) is 0 Å². The molecule has 0 aliphatic heterocycles. The second-order valence-corrected chi connectivity index (χ2v) is 3.51. The molecule has 62 valence electrons. The number of aliphatic hydroxyl groups is 1. The third-order valence-corrected chi connectivity index (χ3v) is 2.42. The standard InChI is InChI=1S/C8H6INO2/c9-5-2-1-3-6-8(5)10-7(4-11)12-6/h1-3,11H,4H2. The van der Waals surface area contributed by atoms with Gasteiger partial charge in [-0.25, -0.2) is 4.98 Å². The van der Waals surface area contributed by atoms with Gasteiger partial charge in [0.1, 0.15) is 12.1 Å². The summed E-state index contributed by atoms with van der Waals surface area (Å²) >= 11 is 2.18. The van der Waals surface area contributed by atoms with Crippen molar-refractivity contribution in [1.29, 1.82) is 0 Å². The summed E-state index contributed by atoms with van der Waals surface area (Å²) in [5, 5.41) is 8.77. The third-order valence-electron chi connectivity index (χ3n) is 1.55. The second kappa shape index (κ2) is 3.02. The highest BCUT2D eigenvalue weighted by Gasteiger charge is 2.05. The SMILES string of the molecule is OCc1nc2c(I)cccc2o1. The molecule has 0 atom stereocenters. The zero-order valence-electron chi connectivity index (χ0n) is 6.12. The summed E-state index contributed by atoms with van der Waals surface area (Å²) in [5.74, 6) is 0.370. The maximum atomic E-state index is 8.77. The lowest BCUT2D eigenvalue weighted by Crippen LogP contribution is -1.80. The van der Waals surface area contributed by atoms with Gasteiger partial charge >= 0.3 is 0 Å². The van der Waals surface area contributed by atoms with E-state index in [0.29, 0.717) is 5.89 Å². The molecule has 0 aliphatic rings. The van der Waals surface area contributed by atoms with E-state index < -0.39 is 0 Å². The molecule has 1 aromatic heterocycles. The van der Waals surface area contributed by atoms with Gasteiger partial charge in [0.05, 0.1) is 0 Å². The van der Waals surface area contributed by atoms with Crippen molar-refractivity contribution in [1.82, 2.24) is 4.98 Å². The first kappa shape index (κ1) is 8.00. The van der Waals surface area contributed by atoms with Crippen LogP contribution in [-0.2, 0) is 6.61 Å². The molecule has 2 aromatic rings. The van der Waals surface area contributed by atoms with Crippen molar-refractivity contribution in [3.63, 3.8) is 0 Å². The summed E-state index contributed by atoms with van der Waals surface area (Å²) in [6, 6.07) is 5.69. The molecule has 2 rings (SSSR count). The molecule has 0 bridgehead atoms. The number of nitrogens with zero attached hydrogens (tertiary/aromatic N) is 1. The summed E-state index contributed by atoms with van der Waals surface area (Å²) < 4.78 is 6.27. The van der Waals surface area contributed by atoms with Gasteiger partial charge in [-0.05, 0) is 34.7 Å². The van der Waals surface area contributed by atoms with Crippen molar-refractivity contribution in [3.8, 4) is 0 Å². The molecular weight excluding hydrogens is 269 g/mol. The predicted octanol–water partition coefficient (Wildman–Crippen LogP) is 1.92. The van der Waals surface area contributed by atoms with Crippen LogP contribution in [0, 0.1) is 3.57 Å². The largest absolute Gasteiger partial charge is 0.438 e. The predicted molar refractivity (Wildman–Crippen MR) is 52.6 cm³/mol. The van der Waals surface area contributed by atoms with Crippen LogP contribution in [0.4, 0.5) is 0 Å². The molecule has 4 heteroatoms. The number of hydrogen-bond acceptors (Lipinski definition) is 3. The average Bonchev–Trinajstić information content (AvgIpc) is 2.49. The monoisotopic (exact) mass is 275 g/mol. The molecular formula is C8H6INO2. The highest BCUT2D eigenvalue weighted by Crippen LogP contribution is 2.20. The topological polar surface area (TPSA) is 46.3 Å². The lowest BCUT2D eigenvalue weighted by Gasteiger charge is -1.86. The van der Waals surface area contributed by atoms with Crippen LogP contribution in [0.15, 0.2) is 22.6 Å². The Bertz CT molecular complexity index is 410. The number of hydrogen-bond donors (Lipinski definition) is 1. The van der Waals surface area contributed by atoms with Crippen molar-refractivity contribution in [2.45, 2.75) is 6.61 Å². The molecule has 0 radical (unpaired) electrons. The molecule has 0 saturated heterocycles. The van der Waals surface area contributed by atoms with E-state index in [-0.39, 0.29) is 6.61 Å². The van der Waals surface area contributed by atoms with E-state index in [2.05, 4.69) is 27.6 Å². The summed E-state index contributed by atoms with van der Waals surface area (Å²) in [4.78, 5) is 4.11. The van der Waals surface area contributed by atoms with Gasteiger partial charge in [0.25, 0.3) is 0 Å². The molecule has 1 heterocycles. The molecule has 0 aliphatic carbocycles. The van der Waals surface area contributed by atoms with Crippen LogP contribution in [0.2, 0.25) is 0 Å². The van der Waals surface area contributed by atoms with Crippen LogP contribution in [0.25, 0.3) is 11.1 Å². The Morgan fingerprint density at radius 1 is 1.50 bits per heavy atom. The van der Waals surface area contributed by atoms with Gasteiger partial charge in [-0.3, -0.25) is 0 Å². The van der Waals surface area contributed by atoms with Gasteiger partial charge < -0.3 is 9.52 Å². The molecule has 1 N–H and O–H groups in total. The molecule has 0 amide bonds. The van der Waals surface area contributed by atoms with Gasteiger partial charge in [-0.2, -0.15) is 0 Å². The minimum absolute atomic E-state index is 0.148. The zero-order chi connectivity index (χ0) is 8.55. The smallest absolute Gasteiger partial charge is 0.221 e. The molecule has 1 aromatic carbocycles. The Hall–Kier alpha value is -0.620. The molecule has 0 saturated carbocycles. The molecule has 0 unspecified atom stereocenters. The van der Waals surface area contributed by atoms with Gasteiger partial charge in [0, 0.05) is 3.57 Å². The Balaban J connectivity index is 2.74. The first-order chi connectivity index (χ1) is 5.81. The highest BCUT2D eigenvalue weighted by molar-refractivity contribution is 14.1. The lowest BCUT2D eigenvalue weighted by atomic mass is 10.3. The normalized spacial score (nSPS) is 10.8. The second-order valence-electron chi connectivity index (χ2n) is 2.35. The van der Waals surface area contributed by atoms with Gasteiger partial charge in [0.2, 0.25) is 5.89 Å². The van der Waals surface area contributed by atoms with E-state index in [1.165, 1.54) is 0 Å².